The Kier molecular flexibility index (Phi) is 4.63. The van der Waals surface area contributed by atoms with E-state index in [1.165, 1.54) is 43.9 Å². The van der Waals surface area contributed by atoms with Crippen molar-refractivity contribution in [1.29, 1.82) is 5.26 Å². The van der Waals surface area contributed by atoms with Gasteiger partial charge in [-0.15, -0.1) is 0 Å². The number of nitriles is 1. The molecule has 108 valence electrons. The maximum Gasteiger partial charge on any atom is 0.241 e. The Morgan fingerprint density at radius 3 is 2.70 bits per heavy atom. The van der Waals surface area contributed by atoms with Crippen molar-refractivity contribution in [2.24, 2.45) is 5.92 Å². The molecule has 0 aliphatic heterocycles. The standard InChI is InChI=1S/C14H19N3O2S/c15-10-12-9-13(16)5-6-14(12)20(18,19)17-8-7-11-3-1-2-4-11/h5-6,9,11,17H,1-4,7-8,16H2. The quantitative estimate of drug-likeness (QED) is 0.811. The van der Waals surface area contributed by atoms with Crippen LogP contribution < -0.4 is 10.5 Å². The third kappa shape index (κ3) is 3.50. The van der Waals surface area contributed by atoms with Gasteiger partial charge in [-0.25, -0.2) is 13.1 Å². The fraction of sp³-hybridized carbons (Fsp3) is 0.500. The number of hydrogen-bond donors (Lipinski definition) is 2. The molecule has 1 fully saturated rings. The van der Waals surface area contributed by atoms with E-state index in [1.807, 2.05) is 6.07 Å². The van der Waals surface area contributed by atoms with Crippen LogP contribution in [0.1, 0.15) is 37.7 Å². The fourth-order valence-electron chi connectivity index (χ4n) is 2.64. The van der Waals surface area contributed by atoms with Crippen molar-refractivity contribution >= 4 is 15.7 Å². The van der Waals surface area contributed by atoms with Crippen LogP contribution in [0.3, 0.4) is 0 Å². The number of sulfonamides is 1. The topological polar surface area (TPSA) is 96.0 Å². The lowest BCUT2D eigenvalue weighted by Crippen LogP contribution is -2.26. The van der Waals surface area contributed by atoms with E-state index in [1.54, 1.807) is 0 Å². The first-order chi connectivity index (χ1) is 9.53. The van der Waals surface area contributed by atoms with Crippen molar-refractivity contribution in [3.8, 4) is 6.07 Å². The average molecular weight is 293 g/mol. The molecule has 0 heterocycles. The summed E-state index contributed by atoms with van der Waals surface area (Å²) in [6.07, 6.45) is 5.72. The molecule has 20 heavy (non-hydrogen) atoms. The van der Waals surface area contributed by atoms with Gasteiger partial charge in [0.05, 0.1) is 10.5 Å². The number of anilines is 1. The summed E-state index contributed by atoms with van der Waals surface area (Å²) < 4.78 is 27.0. The van der Waals surface area contributed by atoms with E-state index in [2.05, 4.69) is 4.72 Å². The highest BCUT2D eigenvalue weighted by atomic mass is 32.2. The molecule has 0 saturated heterocycles. The van der Waals surface area contributed by atoms with Gasteiger partial charge >= 0.3 is 0 Å². The number of benzene rings is 1. The summed E-state index contributed by atoms with van der Waals surface area (Å²) in [5.74, 6) is 0.625. The predicted molar refractivity (Wildman–Crippen MR) is 77.3 cm³/mol. The minimum Gasteiger partial charge on any atom is -0.399 e. The number of nitrogens with two attached hydrogens (primary N) is 1. The fourth-order valence-corrected chi connectivity index (χ4v) is 3.83. The van der Waals surface area contributed by atoms with Crippen LogP contribution in [-0.4, -0.2) is 15.0 Å². The van der Waals surface area contributed by atoms with Gasteiger partial charge in [-0.1, -0.05) is 25.7 Å². The molecular formula is C14H19N3O2S. The van der Waals surface area contributed by atoms with E-state index >= 15 is 0 Å². The highest BCUT2D eigenvalue weighted by Gasteiger charge is 2.20. The zero-order chi connectivity index (χ0) is 14.6. The summed E-state index contributed by atoms with van der Waals surface area (Å²) in [7, 11) is -3.64. The van der Waals surface area contributed by atoms with Crippen LogP contribution in [0.15, 0.2) is 23.1 Å². The number of nitrogens with one attached hydrogen (secondary N) is 1. The zero-order valence-corrected chi connectivity index (χ0v) is 12.1. The minimum absolute atomic E-state index is 0.000576. The molecular weight excluding hydrogens is 274 g/mol. The molecule has 1 aliphatic carbocycles. The van der Waals surface area contributed by atoms with Gasteiger partial charge in [0.25, 0.3) is 0 Å². The lowest BCUT2D eigenvalue weighted by molar-refractivity contribution is 0.495. The first kappa shape index (κ1) is 14.8. The van der Waals surface area contributed by atoms with Gasteiger partial charge < -0.3 is 5.73 Å². The minimum atomic E-state index is -3.64. The van der Waals surface area contributed by atoms with Crippen LogP contribution in [0.25, 0.3) is 0 Å². The molecule has 0 spiro atoms. The monoisotopic (exact) mass is 293 g/mol. The average Bonchev–Trinajstić information content (AvgIpc) is 2.91. The molecule has 3 N–H and O–H groups in total. The van der Waals surface area contributed by atoms with Crippen molar-refractivity contribution in [3.05, 3.63) is 23.8 Å². The maximum absolute atomic E-state index is 12.2. The van der Waals surface area contributed by atoms with Crippen molar-refractivity contribution in [1.82, 2.24) is 4.72 Å². The normalized spacial score (nSPS) is 16.1. The third-order valence-corrected chi connectivity index (χ3v) is 5.25. The lowest BCUT2D eigenvalue weighted by atomic mass is 10.1. The molecule has 0 aromatic heterocycles. The Balaban J connectivity index is 2.04. The van der Waals surface area contributed by atoms with Crippen LogP contribution in [0, 0.1) is 17.2 Å². The molecule has 0 atom stereocenters. The first-order valence-electron chi connectivity index (χ1n) is 6.82. The van der Waals surface area contributed by atoms with Crippen LogP contribution in [0.2, 0.25) is 0 Å². The van der Waals surface area contributed by atoms with Crippen molar-refractivity contribution < 1.29 is 8.42 Å². The highest BCUT2D eigenvalue weighted by Crippen LogP contribution is 2.27. The summed E-state index contributed by atoms with van der Waals surface area (Å²) in [4.78, 5) is 0.000576. The second-order valence-corrected chi connectivity index (χ2v) is 6.94. The summed E-state index contributed by atoms with van der Waals surface area (Å²) in [6, 6.07) is 6.13. The molecule has 0 bridgehead atoms. The third-order valence-electron chi connectivity index (χ3n) is 3.73. The zero-order valence-electron chi connectivity index (χ0n) is 11.3. The molecule has 1 aliphatic rings. The summed E-state index contributed by atoms with van der Waals surface area (Å²) in [5, 5.41) is 9.01. The van der Waals surface area contributed by atoms with E-state index in [4.69, 9.17) is 11.0 Å². The Morgan fingerprint density at radius 1 is 1.35 bits per heavy atom. The summed E-state index contributed by atoms with van der Waals surface area (Å²) in [5.41, 5.74) is 6.03. The number of rotatable bonds is 5. The van der Waals surface area contributed by atoms with Crippen LogP contribution >= 0.6 is 0 Å². The Morgan fingerprint density at radius 2 is 2.05 bits per heavy atom. The molecule has 0 radical (unpaired) electrons. The van der Waals surface area contributed by atoms with Gasteiger partial charge in [-0.2, -0.15) is 5.26 Å². The molecule has 1 aromatic carbocycles. The van der Waals surface area contributed by atoms with Gasteiger partial charge in [0.15, 0.2) is 0 Å². The van der Waals surface area contributed by atoms with E-state index < -0.39 is 10.0 Å². The number of nitrogens with zero attached hydrogens (tertiary/aromatic N) is 1. The molecule has 1 aromatic rings. The Bertz CT molecular complexity index is 614. The van der Waals surface area contributed by atoms with E-state index in [-0.39, 0.29) is 10.5 Å². The second-order valence-electron chi connectivity index (χ2n) is 5.20. The van der Waals surface area contributed by atoms with Crippen molar-refractivity contribution in [3.63, 3.8) is 0 Å². The SMILES string of the molecule is N#Cc1cc(N)ccc1S(=O)(=O)NCCC1CCCC1. The maximum atomic E-state index is 12.2. The van der Waals surface area contributed by atoms with E-state index in [9.17, 15) is 8.42 Å². The van der Waals surface area contributed by atoms with Crippen LogP contribution in [0.4, 0.5) is 5.69 Å². The van der Waals surface area contributed by atoms with Gasteiger partial charge in [0, 0.05) is 12.2 Å². The van der Waals surface area contributed by atoms with E-state index in [0.717, 1.165) is 6.42 Å². The molecule has 0 unspecified atom stereocenters. The van der Waals surface area contributed by atoms with Crippen LogP contribution in [-0.2, 0) is 10.0 Å². The molecule has 6 heteroatoms. The van der Waals surface area contributed by atoms with Gasteiger partial charge in [-0.3, -0.25) is 0 Å². The van der Waals surface area contributed by atoms with Crippen LogP contribution in [0.5, 0.6) is 0 Å². The number of hydrogen-bond acceptors (Lipinski definition) is 4. The summed E-state index contributed by atoms with van der Waals surface area (Å²) in [6.45, 7) is 0.419. The van der Waals surface area contributed by atoms with Crippen molar-refractivity contribution in [2.45, 2.75) is 37.0 Å². The molecule has 1 saturated carbocycles. The smallest absolute Gasteiger partial charge is 0.241 e. The lowest BCUT2D eigenvalue weighted by Gasteiger charge is -2.11. The van der Waals surface area contributed by atoms with E-state index in [0.29, 0.717) is 18.2 Å². The predicted octanol–water partition coefficient (Wildman–Crippen LogP) is 2.00. The highest BCUT2D eigenvalue weighted by molar-refractivity contribution is 7.89. The second kappa shape index (κ2) is 6.25. The molecule has 5 nitrogen and oxygen atoms in total. The van der Waals surface area contributed by atoms with Gasteiger partial charge in [0.2, 0.25) is 10.0 Å². The van der Waals surface area contributed by atoms with Crippen molar-refractivity contribution in [2.75, 3.05) is 12.3 Å². The largest absolute Gasteiger partial charge is 0.399 e. The number of nitrogen functional groups attached to an aromatic ring is 1. The summed E-state index contributed by atoms with van der Waals surface area (Å²) >= 11 is 0. The molecule has 2 rings (SSSR count). The van der Waals surface area contributed by atoms with Gasteiger partial charge in [0.1, 0.15) is 6.07 Å². The first-order valence-corrected chi connectivity index (χ1v) is 8.30. The molecule has 0 amide bonds. The Hall–Kier alpha value is -1.58. The Labute approximate surface area is 119 Å². The van der Waals surface area contributed by atoms with Gasteiger partial charge in [-0.05, 0) is 30.5 Å².